The first-order chi connectivity index (χ1) is 9.68. The second kappa shape index (κ2) is 5.04. The minimum absolute atomic E-state index is 0.426. The van der Waals surface area contributed by atoms with Crippen molar-refractivity contribution in [3.63, 3.8) is 0 Å². The number of nitrogens with zero attached hydrogens (tertiary/aromatic N) is 5. The lowest BCUT2D eigenvalue weighted by molar-refractivity contribution is -0.0203. The monoisotopic (exact) mass is 275 g/mol. The second-order valence-electron chi connectivity index (χ2n) is 4.91. The Balaban J connectivity index is 1.81. The first-order valence-corrected chi connectivity index (χ1v) is 6.59. The normalized spacial score (nSPS) is 16.5. The van der Waals surface area contributed by atoms with Crippen molar-refractivity contribution in [2.75, 3.05) is 24.2 Å². The SMILES string of the molecule is CNc1nc(NCC2(O)CCC2)nc(-n2cccn2)n1. The van der Waals surface area contributed by atoms with E-state index in [4.69, 9.17) is 0 Å². The lowest BCUT2D eigenvalue weighted by Crippen LogP contribution is -2.43. The third kappa shape index (κ3) is 2.55. The van der Waals surface area contributed by atoms with Crippen molar-refractivity contribution in [3.05, 3.63) is 18.5 Å². The standard InChI is InChI=1S/C12H17N7O/c1-13-9-16-10(14-8-12(20)4-2-5-12)18-11(17-9)19-7-3-6-15-19/h3,6-7,20H,2,4-5,8H2,1H3,(H2,13,14,16,17,18). The topological polar surface area (TPSA) is 101 Å². The molecule has 2 heterocycles. The fourth-order valence-corrected chi connectivity index (χ4v) is 2.05. The molecule has 8 nitrogen and oxygen atoms in total. The average Bonchev–Trinajstić information content (AvgIpc) is 2.97. The van der Waals surface area contributed by atoms with E-state index < -0.39 is 5.60 Å². The molecule has 0 aromatic carbocycles. The van der Waals surface area contributed by atoms with Crippen molar-refractivity contribution in [1.82, 2.24) is 24.7 Å². The number of hydrogen-bond acceptors (Lipinski definition) is 7. The molecule has 2 aromatic rings. The fraction of sp³-hybridized carbons (Fsp3) is 0.500. The van der Waals surface area contributed by atoms with Gasteiger partial charge in [-0.05, 0) is 25.3 Å². The molecule has 106 valence electrons. The Labute approximate surface area is 116 Å². The maximum Gasteiger partial charge on any atom is 0.257 e. The lowest BCUT2D eigenvalue weighted by Gasteiger charge is -2.36. The molecule has 1 aliphatic carbocycles. The molecule has 0 amide bonds. The first kappa shape index (κ1) is 12.8. The van der Waals surface area contributed by atoms with Crippen molar-refractivity contribution in [3.8, 4) is 5.95 Å². The van der Waals surface area contributed by atoms with E-state index >= 15 is 0 Å². The van der Waals surface area contributed by atoms with Gasteiger partial charge in [0.05, 0.1) is 5.60 Å². The van der Waals surface area contributed by atoms with E-state index in [2.05, 4.69) is 30.7 Å². The summed E-state index contributed by atoms with van der Waals surface area (Å²) < 4.78 is 1.56. The van der Waals surface area contributed by atoms with Gasteiger partial charge in [0, 0.05) is 26.0 Å². The van der Waals surface area contributed by atoms with Crippen LogP contribution in [0.25, 0.3) is 5.95 Å². The molecule has 0 saturated heterocycles. The van der Waals surface area contributed by atoms with Gasteiger partial charge in [-0.1, -0.05) is 0 Å². The summed E-state index contributed by atoms with van der Waals surface area (Å²) in [7, 11) is 1.74. The molecule has 0 atom stereocenters. The molecule has 3 rings (SSSR count). The molecule has 8 heteroatoms. The summed E-state index contributed by atoms with van der Waals surface area (Å²) in [5.74, 6) is 1.31. The van der Waals surface area contributed by atoms with Gasteiger partial charge in [-0.15, -0.1) is 0 Å². The Kier molecular flexibility index (Phi) is 3.23. The fourth-order valence-electron chi connectivity index (χ4n) is 2.05. The van der Waals surface area contributed by atoms with Crippen molar-refractivity contribution < 1.29 is 5.11 Å². The van der Waals surface area contributed by atoms with Gasteiger partial charge in [0.2, 0.25) is 11.9 Å². The van der Waals surface area contributed by atoms with Gasteiger partial charge < -0.3 is 15.7 Å². The Morgan fingerprint density at radius 1 is 1.30 bits per heavy atom. The highest BCUT2D eigenvalue weighted by Gasteiger charge is 2.34. The van der Waals surface area contributed by atoms with Crippen LogP contribution in [0.2, 0.25) is 0 Å². The van der Waals surface area contributed by atoms with Crippen LogP contribution in [0.1, 0.15) is 19.3 Å². The molecular formula is C12H17N7O. The maximum absolute atomic E-state index is 10.1. The van der Waals surface area contributed by atoms with E-state index in [1.807, 2.05) is 0 Å². The van der Waals surface area contributed by atoms with Crippen LogP contribution in [0.4, 0.5) is 11.9 Å². The summed E-state index contributed by atoms with van der Waals surface area (Å²) in [6.07, 6.45) is 6.12. The van der Waals surface area contributed by atoms with Crippen LogP contribution in [0.15, 0.2) is 18.5 Å². The summed E-state index contributed by atoms with van der Waals surface area (Å²) in [5.41, 5.74) is -0.627. The van der Waals surface area contributed by atoms with Crippen LogP contribution in [0.3, 0.4) is 0 Å². The Hall–Kier alpha value is -2.22. The Morgan fingerprint density at radius 3 is 2.70 bits per heavy atom. The molecule has 0 radical (unpaired) electrons. The highest BCUT2D eigenvalue weighted by Crippen LogP contribution is 2.31. The third-order valence-corrected chi connectivity index (χ3v) is 3.42. The van der Waals surface area contributed by atoms with Crippen molar-refractivity contribution >= 4 is 11.9 Å². The van der Waals surface area contributed by atoms with Crippen LogP contribution < -0.4 is 10.6 Å². The summed E-state index contributed by atoms with van der Waals surface area (Å²) in [6.45, 7) is 0.443. The molecule has 1 fully saturated rings. The average molecular weight is 275 g/mol. The molecule has 0 bridgehead atoms. The van der Waals surface area contributed by atoms with E-state index in [1.165, 1.54) is 0 Å². The van der Waals surface area contributed by atoms with Gasteiger partial charge in [-0.25, -0.2) is 4.68 Å². The molecule has 2 aromatic heterocycles. The highest BCUT2D eigenvalue weighted by atomic mass is 16.3. The highest BCUT2D eigenvalue weighted by molar-refractivity contribution is 5.37. The minimum Gasteiger partial charge on any atom is -0.388 e. The summed E-state index contributed by atoms with van der Waals surface area (Å²) in [5, 5.41) is 20.1. The second-order valence-corrected chi connectivity index (χ2v) is 4.91. The first-order valence-electron chi connectivity index (χ1n) is 6.59. The molecule has 0 spiro atoms. The smallest absolute Gasteiger partial charge is 0.257 e. The van der Waals surface area contributed by atoms with E-state index in [9.17, 15) is 5.11 Å². The lowest BCUT2D eigenvalue weighted by atomic mass is 9.80. The van der Waals surface area contributed by atoms with Crippen LogP contribution in [-0.2, 0) is 0 Å². The van der Waals surface area contributed by atoms with E-state index in [-0.39, 0.29) is 0 Å². The maximum atomic E-state index is 10.1. The zero-order valence-corrected chi connectivity index (χ0v) is 11.2. The number of rotatable bonds is 5. The van der Waals surface area contributed by atoms with E-state index in [1.54, 1.807) is 30.2 Å². The number of hydrogen-bond donors (Lipinski definition) is 3. The summed E-state index contributed by atoms with van der Waals surface area (Å²) in [6, 6.07) is 1.80. The minimum atomic E-state index is -0.627. The van der Waals surface area contributed by atoms with Gasteiger partial charge in [-0.2, -0.15) is 20.1 Å². The summed E-state index contributed by atoms with van der Waals surface area (Å²) in [4.78, 5) is 12.8. The Morgan fingerprint density at radius 2 is 2.10 bits per heavy atom. The largest absolute Gasteiger partial charge is 0.388 e. The molecule has 1 saturated carbocycles. The van der Waals surface area contributed by atoms with Crippen LogP contribution in [0, 0.1) is 0 Å². The van der Waals surface area contributed by atoms with Crippen molar-refractivity contribution in [2.24, 2.45) is 0 Å². The van der Waals surface area contributed by atoms with Gasteiger partial charge >= 0.3 is 0 Å². The van der Waals surface area contributed by atoms with Gasteiger partial charge in [-0.3, -0.25) is 0 Å². The van der Waals surface area contributed by atoms with Crippen LogP contribution in [0.5, 0.6) is 0 Å². The Bertz CT molecular complexity index is 579. The number of anilines is 2. The number of aliphatic hydroxyl groups is 1. The molecule has 0 aliphatic heterocycles. The zero-order chi connectivity index (χ0) is 14.0. The van der Waals surface area contributed by atoms with Crippen LogP contribution in [-0.4, -0.2) is 49.0 Å². The molecule has 3 N–H and O–H groups in total. The molecule has 20 heavy (non-hydrogen) atoms. The van der Waals surface area contributed by atoms with Crippen molar-refractivity contribution in [2.45, 2.75) is 24.9 Å². The molecule has 1 aliphatic rings. The molecule has 0 unspecified atom stereocenters. The third-order valence-electron chi connectivity index (χ3n) is 3.42. The van der Waals surface area contributed by atoms with Gasteiger partial charge in [0.1, 0.15) is 0 Å². The number of aromatic nitrogens is 5. The predicted octanol–water partition coefficient (Wildman–Crippen LogP) is 0.426. The molecular weight excluding hydrogens is 258 g/mol. The number of nitrogens with one attached hydrogen (secondary N) is 2. The quantitative estimate of drug-likeness (QED) is 0.727. The van der Waals surface area contributed by atoms with E-state index in [0.717, 1.165) is 19.3 Å². The predicted molar refractivity (Wildman–Crippen MR) is 73.8 cm³/mol. The van der Waals surface area contributed by atoms with E-state index in [0.29, 0.717) is 24.4 Å². The van der Waals surface area contributed by atoms with Crippen LogP contribution >= 0.6 is 0 Å². The summed E-state index contributed by atoms with van der Waals surface area (Å²) >= 11 is 0. The van der Waals surface area contributed by atoms with Gasteiger partial charge in [0.25, 0.3) is 5.95 Å². The van der Waals surface area contributed by atoms with Gasteiger partial charge in [0.15, 0.2) is 0 Å². The zero-order valence-electron chi connectivity index (χ0n) is 11.2. The van der Waals surface area contributed by atoms with Crippen molar-refractivity contribution in [1.29, 1.82) is 0 Å².